The standard InChI is InChI=1S/C16H23N3O4S.ClH/c1-13-12-17-6-7-19(13)16(20)14-2-4-15(5-3-14)24(21,22)18-8-10-23-11-9-18;/h2-5,13,17H,6-12H2,1H3;1H/t13-;/m0./s1. The fourth-order valence-corrected chi connectivity index (χ4v) is 4.42. The maximum Gasteiger partial charge on any atom is 0.254 e. The van der Waals surface area contributed by atoms with Crippen LogP contribution in [0.3, 0.4) is 0 Å². The number of ether oxygens (including phenoxy) is 1. The molecule has 0 radical (unpaired) electrons. The molecule has 25 heavy (non-hydrogen) atoms. The molecule has 0 unspecified atom stereocenters. The average molecular weight is 390 g/mol. The highest BCUT2D eigenvalue weighted by Gasteiger charge is 2.27. The van der Waals surface area contributed by atoms with Crippen LogP contribution in [0.15, 0.2) is 29.2 Å². The highest BCUT2D eigenvalue weighted by atomic mass is 35.5. The number of morpholine rings is 1. The summed E-state index contributed by atoms with van der Waals surface area (Å²) in [5, 5.41) is 3.25. The van der Waals surface area contributed by atoms with Crippen LogP contribution in [-0.2, 0) is 14.8 Å². The van der Waals surface area contributed by atoms with E-state index in [9.17, 15) is 13.2 Å². The SMILES string of the molecule is C[C@H]1CNCCN1C(=O)c1ccc(S(=O)(=O)N2CCOCC2)cc1.Cl. The molecule has 3 rings (SSSR count). The topological polar surface area (TPSA) is 79.0 Å². The molecule has 0 saturated carbocycles. The van der Waals surface area contributed by atoms with E-state index in [4.69, 9.17) is 4.74 Å². The van der Waals surface area contributed by atoms with Gasteiger partial charge in [0.1, 0.15) is 0 Å². The molecular weight excluding hydrogens is 366 g/mol. The number of hydrogen-bond donors (Lipinski definition) is 1. The lowest BCUT2D eigenvalue weighted by atomic mass is 10.1. The smallest absolute Gasteiger partial charge is 0.254 e. The summed E-state index contributed by atoms with van der Waals surface area (Å²) in [4.78, 5) is 14.6. The lowest BCUT2D eigenvalue weighted by Gasteiger charge is -2.34. The molecule has 0 spiro atoms. The van der Waals surface area contributed by atoms with Crippen molar-refractivity contribution >= 4 is 28.3 Å². The van der Waals surface area contributed by atoms with E-state index in [1.165, 1.54) is 16.4 Å². The summed E-state index contributed by atoms with van der Waals surface area (Å²) in [6, 6.07) is 6.37. The number of amides is 1. The van der Waals surface area contributed by atoms with E-state index < -0.39 is 10.0 Å². The van der Waals surface area contributed by atoms with Gasteiger partial charge >= 0.3 is 0 Å². The molecule has 1 N–H and O–H groups in total. The third-order valence-corrected chi connectivity index (χ3v) is 6.38. The quantitative estimate of drug-likeness (QED) is 0.817. The van der Waals surface area contributed by atoms with Gasteiger partial charge in [-0.25, -0.2) is 8.42 Å². The highest BCUT2D eigenvalue weighted by Crippen LogP contribution is 2.19. The van der Waals surface area contributed by atoms with Crippen LogP contribution in [0.1, 0.15) is 17.3 Å². The number of rotatable bonds is 3. The molecule has 0 aromatic heterocycles. The maximum absolute atomic E-state index is 12.6. The van der Waals surface area contributed by atoms with Crippen molar-refractivity contribution in [3.8, 4) is 0 Å². The monoisotopic (exact) mass is 389 g/mol. The molecular formula is C16H24ClN3O4S. The van der Waals surface area contributed by atoms with E-state index in [-0.39, 0.29) is 29.3 Å². The lowest BCUT2D eigenvalue weighted by Crippen LogP contribution is -2.52. The van der Waals surface area contributed by atoms with Crippen molar-refractivity contribution in [3.05, 3.63) is 29.8 Å². The van der Waals surface area contributed by atoms with E-state index >= 15 is 0 Å². The van der Waals surface area contributed by atoms with Gasteiger partial charge in [-0.15, -0.1) is 12.4 Å². The first-order valence-electron chi connectivity index (χ1n) is 8.20. The van der Waals surface area contributed by atoms with Gasteiger partial charge in [0.25, 0.3) is 5.91 Å². The molecule has 2 heterocycles. The van der Waals surface area contributed by atoms with E-state index in [2.05, 4.69) is 5.32 Å². The summed E-state index contributed by atoms with van der Waals surface area (Å²) < 4.78 is 31.8. The molecule has 1 aromatic rings. The molecule has 0 bridgehead atoms. The van der Waals surface area contributed by atoms with Gasteiger partial charge in [0.2, 0.25) is 10.0 Å². The van der Waals surface area contributed by atoms with Crippen LogP contribution >= 0.6 is 12.4 Å². The molecule has 7 nitrogen and oxygen atoms in total. The molecule has 1 aromatic carbocycles. The van der Waals surface area contributed by atoms with E-state index in [0.717, 1.165) is 13.1 Å². The Balaban J connectivity index is 0.00000225. The van der Waals surface area contributed by atoms with Gasteiger partial charge in [0.15, 0.2) is 0 Å². The van der Waals surface area contributed by atoms with Crippen LogP contribution in [0, 0.1) is 0 Å². The summed E-state index contributed by atoms with van der Waals surface area (Å²) in [5.41, 5.74) is 0.518. The van der Waals surface area contributed by atoms with Gasteiger partial charge in [-0.2, -0.15) is 4.31 Å². The largest absolute Gasteiger partial charge is 0.379 e. The molecule has 2 aliphatic rings. The Hall–Kier alpha value is -1.19. The van der Waals surface area contributed by atoms with Gasteiger partial charge in [-0.05, 0) is 31.2 Å². The third-order valence-electron chi connectivity index (χ3n) is 4.47. The Morgan fingerprint density at radius 1 is 1.16 bits per heavy atom. The van der Waals surface area contributed by atoms with Crippen LogP contribution in [0.25, 0.3) is 0 Å². The zero-order valence-corrected chi connectivity index (χ0v) is 15.8. The van der Waals surface area contributed by atoms with Crippen molar-refractivity contribution in [3.63, 3.8) is 0 Å². The molecule has 1 amide bonds. The number of carbonyl (C=O) groups is 1. The first-order chi connectivity index (χ1) is 11.5. The first kappa shape index (κ1) is 20.1. The predicted molar refractivity (Wildman–Crippen MR) is 96.6 cm³/mol. The Bertz CT molecular complexity index is 690. The number of hydrogen-bond acceptors (Lipinski definition) is 5. The fraction of sp³-hybridized carbons (Fsp3) is 0.562. The molecule has 2 aliphatic heterocycles. The van der Waals surface area contributed by atoms with Gasteiger partial charge in [-0.1, -0.05) is 0 Å². The summed E-state index contributed by atoms with van der Waals surface area (Å²) >= 11 is 0. The van der Waals surface area contributed by atoms with Gasteiger partial charge in [-0.3, -0.25) is 4.79 Å². The average Bonchev–Trinajstić information content (AvgIpc) is 2.62. The number of carbonyl (C=O) groups excluding carboxylic acids is 1. The lowest BCUT2D eigenvalue weighted by molar-refractivity contribution is 0.0655. The second-order valence-corrected chi connectivity index (χ2v) is 8.03. The zero-order valence-electron chi connectivity index (χ0n) is 14.2. The number of sulfonamides is 1. The van der Waals surface area contributed by atoms with Gasteiger partial charge < -0.3 is 15.0 Å². The molecule has 2 saturated heterocycles. The van der Waals surface area contributed by atoms with Crippen LogP contribution < -0.4 is 5.32 Å². The minimum absolute atomic E-state index is 0. The van der Waals surface area contributed by atoms with Gasteiger partial charge in [0.05, 0.1) is 18.1 Å². The highest BCUT2D eigenvalue weighted by molar-refractivity contribution is 7.89. The van der Waals surface area contributed by atoms with E-state index in [1.807, 2.05) is 11.8 Å². The Morgan fingerprint density at radius 3 is 2.40 bits per heavy atom. The fourth-order valence-electron chi connectivity index (χ4n) is 3.01. The molecule has 0 aliphatic carbocycles. The van der Waals surface area contributed by atoms with Crippen LogP contribution in [0.2, 0.25) is 0 Å². The number of piperazine rings is 1. The maximum atomic E-state index is 12.6. The van der Waals surface area contributed by atoms with E-state index in [1.54, 1.807) is 12.1 Å². The van der Waals surface area contributed by atoms with Crippen molar-refractivity contribution in [2.75, 3.05) is 45.9 Å². The van der Waals surface area contributed by atoms with Crippen LogP contribution in [0.4, 0.5) is 0 Å². The van der Waals surface area contributed by atoms with Crippen molar-refractivity contribution in [2.24, 2.45) is 0 Å². The van der Waals surface area contributed by atoms with Crippen molar-refractivity contribution in [2.45, 2.75) is 17.9 Å². The van der Waals surface area contributed by atoms with E-state index in [0.29, 0.717) is 38.4 Å². The van der Waals surface area contributed by atoms with Crippen molar-refractivity contribution in [1.82, 2.24) is 14.5 Å². The summed E-state index contributed by atoms with van der Waals surface area (Å²) in [6.45, 7) is 5.76. The Labute approximate surface area is 154 Å². The number of nitrogens with zero attached hydrogens (tertiary/aromatic N) is 2. The first-order valence-corrected chi connectivity index (χ1v) is 9.64. The third kappa shape index (κ3) is 4.32. The predicted octanol–water partition coefficient (Wildman–Crippen LogP) is 0.563. The normalized spacial score (nSPS) is 22.3. The van der Waals surface area contributed by atoms with Crippen molar-refractivity contribution < 1.29 is 17.9 Å². The zero-order chi connectivity index (χ0) is 17.2. The molecule has 9 heteroatoms. The molecule has 1 atom stereocenters. The second-order valence-electron chi connectivity index (χ2n) is 6.09. The minimum atomic E-state index is -3.52. The summed E-state index contributed by atoms with van der Waals surface area (Å²) in [7, 11) is -3.52. The summed E-state index contributed by atoms with van der Waals surface area (Å²) in [5.74, 6) is -0.0562. The van der Waals surface area contributed by atoms with Crippen LogP contribution in [-0.4, -0.2) is 75.5 Å². The molecule has 2 fully saturated rings. The van der Waals surface area contributed by atoms with Gasteiger partial charge in [0, 0.05) is 44.3 Å². The molecule has 140 valence electrons. The Morgan fingerprint density at radius 2 is 1.80 bits per heavy atom. The second kappa shape index (κ2) is 8.46. The summed E-state index contributed by atoms with van der Waals surface area (Å²) in [6.07, 6.45) is 0. The number of halogens is 1. The van der Waals surface area contributed by atoms with Crippen molar-refractivity contribution in [1.29, 1.82) is 0 Å². The minimum Gasteiger partial charge on any atom is -0.379 e. The Kier molecular flexibility index (Phi) is 6.81. The number of benzene rings is 1. The van der Waals surface area contributed by atoms with Crippen LogP contribution in [0.5, 0.6) is 0 Å². The number of nitrogens with one attached hydrogen (secondary N) is 1.